The molecule has 0 radical (unpaired) electrons. The van der Waals surface area contributed by atoms with Gasteiger partial charge in [-0.3, -0.25) is 0 Å². The second-order valence-electron chi connectivity index (χ2n) is 10.6. The zero-order valence-electron chi connectivity index (χ0n) is 22.1. The lowest BCUT2D eigenvalue weighted by molar-refractivity contribution is 0.848. The second-order valence-corrected chi connectivity index (χ2v) is 22.7. The van der Waals surface area contributed by atoms with Gasteiger partial charge in [-0.25, -0.2) is 0 Å². The van der Waals surface area contributed by atoms with Gasteiger partial charge in [0.05, 0.1) is 0 Å². The van der Waals surface area contributed by atoms with Crippen LogP contribution in [-0.2, 0) is 0 Å². The molecule has 1 aliphatic heterocycles. The molecule has 0 saturated carbocycles. The summed E-state index contributed by atoms with van der Waals surface area (Å²) in [6, 6.07) is 45.2. The Morgan fingerprint density at radius 3 is 1.03 bits per heavy atom. The van der Waals surface area contributed by atoms with Gasteiger partial charge in [0, 0.05) is 39.6 Å². The second kappa shape index (κ2) is 10.1. The van der Waals surface area contributed by atoms with Crippen LogP contribution in [0.2, 0.25) is 12.1 Å². The molecule has 1 saturated heterocycles. The molecule has 1 aliphatic rings. The van der Waals surface area contributed by atoms with Gasteiger partial charge in [0.1, 0.15) is 15.2 Å². The zero-order valence-corrected chi connectivity index (χ0v) is 24.1. The highest BCUT2D eigenvalue weighted by Gasteiger charge is 2.60. The molecular formula is C32H38N2Si2. The summed E-state index contributed by atoms with van der Waals surface area (Å²) in [5.74, 6) is 0. The van der Waals surface area contributed by atoms with Gasteiger partial charge < -0.3 is 9.80 Å². The highest BCUT2D eigenvalue weighted by Crippen LogP contribution is 2.36. The van der Waals surface area contributed by atoms with Crippen molar-refractivity contribution in [3.8, 4) is 0 Å². The van der Waals surface area contributed by atoms with Crippen LogP contribution in [0.25, 0.3) is 0 Å². The van der Waals surface area contributed by atoms with E-state index in [-0.39, 0.29) is 0 Å². The number of hydrogen-bond acceptors (Lipinski definition) is 2. The van der Waals surface area contributed by atoms with E-state index in [1.165, 1.54) is 36.3 Å². The average molecular weight is 507 g/mol. The number of hydrogen-bond donors (Lipinski definition) is 0. The van der Waals surface area contributed by atoms with Gasteiger partial charge in [0.15, 0.2) is 0 Å². The molecule has 36 heavy (non-hydrogen) atoms. The van der Waals surface area contributed by atoms with E-state index in [1.54, 1.807) is 20.7 Å². The first-order valence-corrected chi connectivity index (χ1v) is 18.6. The summed E-state index contributed by atoms with van der Waals surface area (Å²) in [4.78, 5) is 4.42. The summed E-state index contributed by atoms with van der Waals surface area (Å²) in [5, 5.41) is 6.42. The van der Waals surface area contributed by atoms with Crippen LogP contribution in [0.1, 0.15) is 12.8 Å². The summed E-state index contributed by atoms with van der Waals surface area (Å²) in [5.41, 5.74) is 2.54. The van der Waals surface area contributed by atoms with E-state index >= 15 is 0 Å². The van der Waals surface area contributed by atoms with Gasteiger partial charge in [-0.15, -0.1) is 0 Å². The molecule has 0 spiro atoms. The van der Waals surface area contributed by atoms with Gasteiger partial charge in [-0.1, -0.05) is 131 Å². The molecule has 0 aromatic heterocycles. The van der Waals surface area contributed by atoms with Crippen molar-refractivity contribution < 1.29 is 0 Å². The van der Waals surface area contributed by atoms with E-state index in [1.807, 2.05) is 0 Å². The topological polar surface area (TPSA) is 6.48 Å². The lowest BCUT2D eigenvalue weighted by Crippen LogP contribution is -2.86. The number of nitrogens with zero attached hydrogens (tertiary/aromatic N) is 2. The molecule has 2 nitrogen and oxygen atoms in total. The summed E-state index contributed by atoms with van der Waals surface area (Å²) >= 11 is 0. The molecule has 2 atom stereocenters. The van der Waals surface area contributed by atoms with Crippen LogP contribution < -0.4 is 30.5 Å². The van der Waals surface area contributed by atoms with Crippen LogP contribution in [0, 0.1) is 0 Å². The van der Waals surface area contributed by atoms with Crippen LogP contribution in [0.4, 0.5) is 11.4 Å². The SMILES string of the molecule is CN(C)c1ccc([Si@]2(c3ccccc3)CCCC[Si@@]2(c2ccccc2)c2ccc(N(C)C)cc2)cc1. The molecule has 4 aromatic rings. The maximum Gasteiger partial charge on any atom is 0.121 e. The molecule has 184 valence electrons. The van der Waals surface area contributed by atoms with E-state index in [2.05, 4.69) is 147 Å². The highest BCUT2D eigenvalue weighted by atomic mass is 29.3. The van der Waals surface area contributed by atoms with Crippen LogP contribution in [-0.4, -0.2) is 43.4 Å². The largest absolute Gasteiger partial charge is 0.378 e. The van der Waals surface area contributed by atoms with Crippen LogP contribution >= 0.6 is 0 Å². The summed E-state index contributed by atoms with van der Waals surface area (Å²) < 4.78 is 0. The molecule has 1 fully saturated rings. The minimum atomic E-state index is -2.19. The Morgan fingerprint density at radius 1 is 0.417 bits per heavy atom. The van der Waals surface area contributed by atoms with Crippen molar-refractivity contribution in [1.29, 1.82) is 0 Å². The van der Waals surface area contributed by atoms with Gasteiger partial charge in [-0.2, -0.15) is 0 Å². The van der Waals surface area contributed by atoms with Crippen molar-refractivity contribution in [2.45, 2.75) is 24.9 Å². The molecule has 1 heterocycles. The Bertz CT molecular complexity index is 1170. The lowest BCUT2D eigenvalue weighted by atomic mass is 10.3. The minimum Gasteiger partial charge on any atom is -0.378 e. The molecule has 0 bridgehead atoms. The third kappa shape index (κ3) is 4.02. The predicted molar refractivity (Wildman–Crippen MR) is 163 cm³/mol. The molecule has 5 rings (SSSR count). The van der Waals surface area contributed by atoms with Crippen LogP contribution in [0.3, 0.4) is 0 Å². The Hall–Kier alpha value is -3.09. The van der Waals surface area contributed by atoms with Crippen LogP contribution in [0.5, 0.6) is 0 Å². The average Bonchev–Trinajstić information content (AvgIpc) is 2.94. The molecule has 0 amide bonds. The van der Waals surface area contributed by atoms with E-state index in [0.29, 0.717) is 0 Å². The summed E-state index contributed by atoms with van der Waals surface area (Å²) in [7, 11) is 4.15. The Kier molecular flexibility index (Phi) is 6.91. The number of rotatable bonds is 6. The normalized spacial score (nSPS) is 21.7. The number of anilines is 2. The van der Waals surface area contributed by atoms with Gasteiger partial charge in [-0.05, 0) is 24.3 Å². The minimum absolute atomic E-state index is 1.27. The smallest absolute Gasteiger partial charge is 0.121 e. The van der Waals surface area contributed by atoms with Gasteiger partial charge >= 0.3 is 0 Å². The molecular weight excluding hydrogens is 469 g/mol. The van der Waals surface area contributed by atoms with Gasteiger partial charge in [0.25, 0.3) is 0 Å². The fraction of sp³-hybridized carbons (Fsp3) is 0.250. The van der Waals surface area contributed by atoms with E-state index in [9.17, 15) is 0 Å². The first-order chi connectivity index (χ1) is 17.5. The maximum absolute atomic E-state index is 2.48. The standard InChI is InChI=1S/C32H38N2Si2/c1-33(2)27-17-21-31(22-18-27)35(29-13-7-5-8-14-29)25-11-12-26-36(35,30-15-9-6-10-16-30)32-23-19-28(20-24-32)34(3)4/h5-10,13-24H,11-12,25-26H2,1-4H3/t35-,36-/m1/s1. The van der Waals surface area contributed by atoms with Crippen molar-refractivity contribution in [3.63, 3.8) is 0 Å². The monoisotopic (exact) mass is 506 g/mol. The first-order valence-electron chi connectivity index (χ1n) is 13.2. The Morgan fingerprint density at radius 2 is 0.722 bits per heavy atom. The molecule has 4 aromatic carbocycles. The zero-order chi connectivity index (χ0) is 25.2. The fourth-order valence-electron chi connectivity index (χ4n) is 6.64. The first kappa shape index (κ1) is 24.6. The number of benzene rings is 4. The third-order valence-corrected chi connectivity index (χ3v) is 26.6. The Balaban J connectivity index is 1.86. The van der Waals surface area contributed by atoms with Crippen molar-refractivity contribution in [3.05, 3.63) is 109 Å². The fourth-order valence-corrected chi connectivity index (χ4v) is 27.4. The molecule has 4 heteroatoms. The summed E-state index contributed by atoms with van der Waals surface area (Å²) in [6.45, 7) is 0. The van der Waals surface area contributed by atoms with Crippen LogP contribution in [0.15, 0.2) is 109 Å². The van der Waals surface area contributed by atoms with Crippen molar-refractivity contribution in [1.82, 2.24) is 0 Å². The molecule has 0 aliphatic carbocycles. The lowest BCUT2D eigenvalue weighted by Gasteiger charge is -2.52. The van der Waals surface area contributed by atoms with Crippen molar-refractivity contribution in [2.24, 2.45) is 0 Å². The predicted octanol–water partition coefficient (Wildman–Crippen LogP) is 4.52. The van der Waals surface area contributed by atoms with E-state index in [0.717, 1.165) is 0 Å². The highest BCUT2D eigenvalue weighted by molar-refractivity contribution is 7.59. The summed E-state index contributed by atoms with van der Waals surface area (Å²) in [6.07, 6.45) is 2.63. The van der Waals surface area contributed by atoms with E-state index in [4.69, 9.17) is 0 Å². The van der Waals surface area contributed by atoms with Gasteiger partial charge in [0.2, 0.25) is 0 Å². The maximum atomic E-state index is 2.48. The van der Waals surface area contributed by atoms with Crippen molar-refractivity contribution in [2.75, 3.05) is 38.0 Å². The molecule has 0 unspecified atom stereocenters. The third-order valence-electron chi connectivity index (χ3n) is 8.37. The molecule has 0 N–H and O–H groups in total. The quantitative estimate of drug-likeness (QED) is 0.355. The van der Waals surface area contributed by atoms with E-state index < -0.39 is 15.2 Å². The van der Waals surface area contributed by atoms with Crippen molar-refractivity contribution >= 4 is 47.3 Å². The Labute approximate surface area is 219 Å².